The Kier molecular flexibility index (Phi) is 7.15. The summed E-state index contributed by atoms with van der Waals surface area (Å²) in [7, 11) is 0. The molecule has 1 N–H and O–H groups in total. The van der Waals surface area contributed by atoms with Crippen molar-refractivity contribution in [3.8, 4) is 0 Å². The topological polar surface area (TPSA) is 83.4 Å². The lowest BCUT2D eigenvalue weighted by Crippen LogP contribution is -2.25. The van der Waals surface area contributed by atoms with E-state index >= 15 is 0 Å². The van der Waals surface area contributed by atoms with Crippen LogP contribution < -0.4 is 4.90 Å². The Morgan fingerprint density at radius 3 is 1.91 bits per heavy atom. The molecule has 2 aromatic heterocycles. The Bertz CT molecular complexity index is 565. The van der Waals surface area contributed by atoms with Crippen LogP contribution in [0.1, 0.15) is 44.9 Å². The van der Waals surface area contributed by atoms with Crippen LogP contribution in [-0.2, 0) is 9.59 Å². The largest absolute Gasteiger partial charge is 0.481 e. The minimum Gasteiger partial charge on any atom is -0.481 e. The molecule has 0 atom stereocenters. The average molecular weight is 353 g/mol. The molecular formula is C15H19N3O3S2. The first-order chi connectivity index (χ1) is 11.2. The van der Waals surface area contributed by atoms with Gasteiger partial charge in [-0.05, 0) is 12.8 Å². The van der Waals surface area contributed by atoms with Crippen molar-refractivity contribution < 1.29 is 14.7 Å². The Morgan fingerprint density at radius 2 is 1.43 bits per heavy atom. The lowest BCUT2D eigenvalue weighted by molar-refractivity contribution is -0.137. The van der Waals surface area contributed by atoms with Gasteiger partial charge in [-0.2, -0.15) is 0 Å². The summed E-state index contributed by atoms with van der Waals surface area (Å²) in [6.45, 7) is 0. The van der Waals surface area contributed by atoms with Gasteiger partial charge in [-0.25, -0.2) is 14.9 Å². The number of aromatic nitrogens is 2. The van der Waals surface area contributed by atoms with E-state index in [-0.39, 0.29) is 12.3 Å². The molecule has 0 aliphatic heterocycles. The van der Waals surface area contributed by atoms with E-state index in [0.717, 1.165) is 25.7 Å². The molecule has 0 saturated carbocycles. The van der Waals surface area contributed by atoms with Gasteiger partial charge in [0.2, 0.25) is 5.91 Å². The summed E-state index contributed by atoms with van der Waals surface area (Å²) in [6, 6.07) is 0. The van der Waals surface area contributed by atoms with Crippen molar-refractivity contribution in [1.82, 2.24) is 9.97 Å². The van der Waals surface area contributed by atoms with Crippen LogP contribution in [0.2, 0.25) is 0 Å². The molecule has 6 nitrogen and oxygen atoms in total. The SMILES string of the molecule is O=C(O)CCCCCCCC(=O)N(c1nccs1)c1nccs1. The van der Waals surface area contributed by atoms with Crippen molar-refractivity contribution in [3.05, 3.63) is 23.2 Å². The average Bonchev–Trinajstić information content (AvgIpc) is 3.20. The second-order valence-electron chi connectivity index (χ2n) is 5.02. The van der Waals surface area contributed by atoms with Crippen molar-refractivity contribution in [2.24, 2.45) is 0 Å². The zero-order valence-corrected chi connectivity index (χ0v) is 14.3. The molecule has 0 bridgehead atoms. The van der Waals surface area contributed by atoms with E-state index in [1.54, 1.807) is 17.3 Å². The van der Waals surface area contributed by atoms with Gasteiger partial charge in [-0.15, -0.1) is 22.7 Å². The molecule has 8 heteroatoms. The van der Waals surface area contributed by atoms with Crippen molar-refractivity contribution in [1.29, 1.82) is 0 Å². The summed E-state index contributed by atoms with van der Waals surface area (Å²) in [4.78, 5) is 32.9. The third-order valence-electron chi connectivity index (χ3n) is 3.25. The van der Waals surface area contributed by atoms with Crippen LogP contribution in [0, 0.1) is 0 Å². The maximum Gasteiger partial charge on any atom is 0.303 e. The second kappa shape index (κ2) is 9.36. The van der Waals surface area contributed by atoms with Crippen LogP contribution in [0.15, 0.2) is 23.2 Å². The number of nitrogens with zero attached hydrogens (tertiary/aromatic N) is 3. The number of carbonyl (C=O) groups is 2. The summed E-state index contributed by atoms with van der Waals surface area (Å²) in [5, 5.41) is 13.5. The zero-order chi connectivity index (χ0) is 16.5. The number of hydrogen-bond acceptors (Lipinski definition) is 6. The fourth-order valence-corrected chi connectivity index (χ4v) is 3.52. The molecule has 0 radical (unpaired) electrons. The highest BCUT2D eigenvalue weighted by Crippen LogP contribution is 2.29. The first-order valence-electron chi connectivity index (χ1n) is 7.52. The monoisotopic (exact) mass is 353 g/mol. The molecule has 124 valence electrons. The molecule has 0 fully saturated rings. The number of unbranched alkanes of at least 4 members (excludes halogenated alkanes) is 4. The number of rotatable bonds is 10. The van der Waals surface area contributed by atoms with E-state index in [2.05, 4.69) is 9.97 Å². The Morgan fingerprint density at radius 1 is 0.913 bits per heavy atom. The Balaban J connectivity index is 1.77. The predicted octanol–water partition coefficient (Wildman–Crippen LogP) is 4.08. The number of hydrogen-bond donors (Lipinski definition) is 1. The maximum atomic E-state index is 12.5. The first kappa shape index (κ1) is 17.6. The van der Waals surface area contributed by atoms with E-state index in [0.29, 0.717) is 23.1 Å². The molecule has 0 saturated heterocycles. The molecule has 1 amide bonds. The van der Waals surface area contributed by atoms with Crippen molar-refractivity contribution in [2.75, 3.05) is 4.90 Å². The maximum absolute atomic E-state index is 12.5. The molecule has 0 aromatic carbocycles. The smallest absolute Gasteiger partial charge is 0.303 e. The summed E-state index contributed by atoms with van der Waals surface area (Å²) >= 11 is 2.83. The summed E-state index contributed by atoms with van der Waals surface area (Å²) in [5.41, 5.74) is 0. The Labute approximate surface area is 142 Å². The van der Waals surface area contributed by atoms with Gasteiger partial charge < -0.3 is 5.11 Å². The van der Waals surface area contributed by atoms with Crippen LogP contribution in [0.5, 0.6) is 0 Å². The standard InChI is InChI=1S/C15H19N3O3S2/c19-12(6-4-2-1-3-5-7-13(20)21)18(14-16-8-10-22-14)15-17-9-11-23-15/h8-11H,1-7H2,(H,20,21). The number of carboxylic acid groups (broad SMARTS) is 1. The van der Waals surface area contributed by atoms with Crippen LogP contribution in [0.25, 0.3) is 0 Å². The predicted molar refractivity (Wildman–Crippen MR) is 91.3 cm³/mol. The van der Waals surface area contributed by atoms with Gasteiger partial charge in [0.05, 0.1) is 0 Å². The van der Waals surface area contributed by atoms with Gasteiger partial charge in [-0.1, -0.05) is 19.3 Å². The minimum atomic E-state index is -0.747. The van der Waals surface area contributed by atoms with E-state index < -0.39 is 5.97 Å². The lowest BCUT2D eigenvalue weighted by atomic mass is 10.1. The fraction of sp³-hybridized carbons (Fsp3) is 0.467. The molecule has 2 heterocycles. The highest BCUT2D eigenvalue weighted by atomic mass is 32.1. The van der Waals surface area contributed by atoms with Gasteiger partial charge in [-0.3, -0.25) is 9.59 Å². The number of carbonyl (C=O) groups excluding carboxylic acids is 1. The minimum absolute atomic E-state index is 0.000404. The van der Waals surface area contributed by atoms with Crippen LogP contribution in [-0.4, -0.2) is 27.0 Å². The third kappa shape index (κ3) is 5.72. The molecule has 0 aliphatic rings. The highest BCUT2D eigenvalue weighted by Gasteiger charge is 2.21. The zero-order valence-electron chi connectivity index (χ0n) is 12.7. The molecule has 0 spiro atoms. The van der Waals surface area contributed by atoms with Gasteiger partial charge in [0.15, 0.2) is 10.3 Å². The summed E-state index contributed by atoms with van der Waals surface area (Å²) < 4.78 is 0. The van der Waals surface area contributed by atoms with Crippen molar-refractivity contribution >= 4 is 44.8 Å². The van der Waals surface area contributed by atoms with Crippen molar-refractivity contribution in [2.45, 2.75) is 44.9 Å². The fourth-order valence-electron chi connectivity index (χ4n) is 2.14. The van der Waals surface area contributed by atoms with Gasteiger partial charge in [0.1, 0.15) is 0 Å². The van der Waals surface area contributed by atoms with E-state index in [9.17, 15) is 9.59 Å². The molecule has 2 rings (SSSR count). The van der Waals surface area contributed by atoms with E-state index in [1.165, 1.54) is 22.7 Å². The third-order valence-corrected chi connectivity index (χ3v) is 4.77. The molecule has 23 heavy (non-hydrogen) atoms. The number of amides is 1. The summed E-state index contributed by atoms with van der Waals surface area (Å²) in [5.74, 6) is -0.747. The van der Waals surface area contributed by atoms with Crippen molar-refractivity contribution in [3.63, 3.8) is 0 Å². The number of aliphatic carboxylic acids is 1. The van der Waals surface area contributed by atoms with Crippen LogP contribution in [0.3, 0.4) is 0 Å². The second-order valence-corrected chi connectivity index (χ2v) is 6.77. The normalized spacial score (nSPS) is 10.6. The Hall–Kier alpha value is -1.80. The summed E-state index contributed by atoms with van der Waals surface area (Å²) in [6.07, 6.45) is 8.28. The quantitative estimate of drug-likeness (QED) is 0.651. The number of thiazole rings is 2. The van der Waals surface area contributed by atoms with E-state index in [4.69, 9.17) is 5.11 Å². The molecular weight excluding hydrogens is 334 g/mol. The van der Waals surface area contributed by atoms with Crippen LogP contribution >= 0.6 is 22.7 Å². The lowest BCUT2D eigenvalue weighted by Gasteiger charge is -2.16. The van der Waals surface area contributed by atoms with Gasteiger partial charge >= 0.3 is 5.97 Å². The highest BCUT2D eigenvalue weighted by molar-refractivity contribution is 7.16. The molecule has 0 aliphatic carbocycles. The molecule has 0 unspecified atom stereocenters. The first-order valence-corrected chi connectivity index (χ1v) is 9.28. The number of anilines is 2. The van der Waals surface area contributed by atoms with Gasteiger partial charge in [0, 0.05) is 36.0 Å². The van der Waals surface area contributed by atoms with Gasteiger partial charge in [0.25, 0.3) is 0 Å². The van der Waals surface area contributed by atoms with Crippen LogP contribution in [0.4, 0.5) is 10.3 Å². The van der Waals surface area contributed by atoms with E-state index in [1.807, 2.05) is 10.8 Å². The number of carboxylic acids is 1. The molecule has 2 aromatic rings.